The van der Waals surface area contributed by atoms with E-state index >= 15 is 0 Å². The molecule has 6 nitrogen and oxygen atoms in total. The molecule has 1 amide bonds. The van der Waals surface area contributed by atoms with Crippen LogP contribution in [-0.2, 0) is 0 Å². The van der Waals surface area contributed by atoms with Gasteiger partial charge >= 0.3 is 0 Å². The van der Waals surface area contributed by atoms with Gasteiger partial charge in [0.2, 0.25) is 0 Å². The predicted octanol–water partition coefficient (Wildman–Crippen LogP) is 1.38. The molecule has 0 aliphatic carbocycles. The largest absolute Gasteiger partial charge is 0.397 e. The third-order valence-electron chi connectivity index (χ3n) is 3.40. The molecule has 1 rings (SSSR count). The van der Waals surface area contributed by atoms with Crippen LogP contribution >= 0.6 is 11.3 Å². The van der Waals surface area contributed by atoms with E-state index in [1.165, 1.54) is 18.3 Å². The number of thiophene rings is 1. The normalized spacial score (nSPS) is 11.7. The van der Waals surface area contributed by atoms with Crippen LogP contribution in [-0.4, -0.2) is 42.8 Å². The lowest BCUT2D eigenvalue weighted by Crippen LogP contribution is -2.44. The highest BCUT2D eigenvalue weighted by molar-refractivity contribution is 7.19. The number of nitrogens with one attached hydrogen (secondary N) is 1. The quantitative estimate of drug-likeness (QED) is 0.689. The Balaban J connectivity index is 3.10. The molecule has 0 aliphatic rings. The first-order valence-electron chi connectivity index (χ1n) is 6.22. The van der Waals surface area contributed by atoms with E-state index in [0.29, 0.717) is 16.4 Å². The minimum absolute atomic E-state index is 0.121. The Morgan fingerprint density at radius 3 is 2.30 bits per heavy atom. The number of anilines is 2. The molecule has 0 spiro atoms. The second kappa shape index (κ2) is 5.80. The van der Waals surface area contributed by atoms with Crippen molar-refractivity contribution in [3.63, 3.8) is 0 Å². The van der Waals surface area contributed by atoms with Gasteiger partial charge in [-0.3, -0.25) is 9.59 Å². The molecule has 1 heterocycles. The summed E-state index contributed by atoms with van der Waals surface area (Å²) in [6.07, 6.45) is 0. The van der Waals surface area contributed by atoms with Crippen LogP contribution in [0, 0.1) is 0 Å². The average Bonchev–Trinajstić information content (AvgIpc) is 2.63. The van der Waals surface area contributed by atoms with Crippen LogP contribution in [0.25, 0.3) is 0 Å². The first-order valence-corrected chi connectivity index (χ1v) is 7.04. The molecule has 0 saturated carbocycles. The molecule has 0 atom stereocenters. The lowest BCUT2D eigenvalue weighted by molar-refractivity contribution is 0.100. The van der Waals surface area contributed by atoms with Gasteiger partial charge < -0.3 is 21.7 Å². The molecule has 112 valence electrons. The maximum atomic E-state index is 11.5. The summed E-state index contributed by atoms with van der Waals surface area (Å²) >= 11 is 1.17. The van der Waals surface area contributed by atoms with Gasteiger partial charge in [-0.2, -0.15) is 0 Å². The van der Waals surface area contributed by atoms with Gasteiger partial charge in [0, 0.05) is 19.0 Å². The Morgan fingerprint density at radius 2 is 1.90 bits per heavy atom. The monoisotopic (exact) mass is 298 g/mol. The highest BCUT2D eigenvalue weighted by Crippen LogP contribution is 2.36. The zero-order valence-electron chi connectivity index (χ0n) is 12.5. The molecule has 20 heavy (non-hydrogen) atoms. The molecule has 1 aromatic heterocycles. The van der Waals surface area contributed by atoms with E-state index in [9.17, 15) is 9.59 Å². The van der Waals surface area contributed by atoms with Gasteiger partial charge in [0.05, 0.1) is 16.1 Å². The van der Waals surface area contributed by atoms with Gasteiger partial charge in [-0.05, 0) is 27.9 Å². The van der Waals surface area contributed by atoms with Gasteiger partial charge in [-0.25, -0.2) is 0 Å². The fraction of sp³-hybridized carbons (Fsp3) is 0.538. The van der Waals surface area contributed by atoms with Crippen molar-refractivity contribution in [1.29, 1.82) is 0 Å². The molecule has 0 saturated heterocycles. The summed E-state index contributed by atoms with van der Waals surface area (Å²) in [5.74, 6) is -0.800. The van der Waals surface area contributed by atoms with Crippen LogP contribution in [0.1, 0.15) is 40.8 Å². The van der Waals surface area contributed by atoms with E-state index in [4.69, 9.17) is 11.5 Å². The molecule has 1 aromatic rings. The molecule has 0 radical (unpaired) electrons. The van der Waals surface area contributed by atoms with Gasteiger partial charge in [-0.1, -0.05) is 0 Å². The van der Waals surface area contributed by atoms with Crippen molar-refractivity contribution in [2.45, 2.75) is 26.3 Å². The smallest absolute Gasteiger partial charge is 0.253 e. The van der Waals surface area contributed by atoms with Crippen molar-refractivity contribution in [1.82, 2.24) is 4.90 Å². The highest BCUT2D eigenvalue weighted by Gasteiger charge is 2.25. The topological polar surface area (TPSA) is 101 Å². The van der Waals surface area contributed by atoms with Gasteiger partial charge in [0.1, 0.15) is 5.00 Å². The number of hydrogen-bond donors (Lipinski definition) is 3. The van der Waals surface area contributed by atoms with Crippen LogP contribution in [0.2, 0.25) is 0 Å². The van der Waals surface area contributed by atoms with Gasteiger partial charge in [0.15, 0.2) is 5.78 Å². The number of nitrogens with zero attached hydrogens (tertiary/aromatic N) is 1. The third kappa shape index (κ3) is 3.29. The van der Waals surface area contributed by atoms with E-state index in [2.05, 4.69) is 24.1 Å². The Morgan fingerprint density at radius 1 is 1.35 bits per heavy atom. The second-order valence-corrected chi connectivity index (χ2v) is 6.55. The number of likely N-dealkylation sites (N-methyl/N-ethyl adjacent to an activating group) is 1. The molecule has 0 aromatic carbocycles. The summed E-state index contributed by atoms with van der Waals surface area (Å²) in [6, 6.07) is 0. The molecule has 0 unspecified atom stereocenters. The summed E-state index contributed by atoms with van der Waals surface area (Å²) in [7, 11) is 3.95. The number of nitrogen functional groups attached to an aromatic ring is 1. The van der Waals surface area contributed by atoms with Crippen molar-refractivity contribution in [3.05, 3.63) is 10.4 Å². The molecule has 0 aliphatic heterocycles. The number of hydrogen-bond acceptors (Lipinski definition) is 6. The molecule has 0 bridgehead atoms. The van der Waals surface area contributed by atoms with Crippen LogP contribution in [0.3, 0.4) is 0 Å². The molecule has 5 N–H and O–H groups in total. The highest BCUT2D eigenvalue weighted by atomic mass is 32.1. The Hall–Kier alpha value is -1.60. The third-order valence-corrected chi connectivity index (χ3v) is 4.67. The van der Waals surface area contributed by atoms with Crippen molar-refractivity contribution < 1.29 is 9.59 Å². The van der Waals surface area contributed by atoms with E-state index < -0.39 is 5.91 Å². The van der Waals surface area contributed by atoms with Crippen molar-refractivity contribution in [2.75, 3.05) is 31.7 Å². The average molecular weight is 298 g/mol. The van der Waals surface area contributed by atoms with E-state index in [0.717, 1.165) is 0 Å². The van der Waals surface area contributed by atoms with Crippen LogP contribution in [0.15, 0.2) is 0 Å². The zero-order chi connectivity index (χ0) is 15.7. The van der Waals surface area contributed by atoms with Gasteiger partial charge in [-0.15, -0.1) is 11.3 Å². The fourth-order valence-corrected chi connectivity index (χ4v) is 2.55. The summed E-state index contributed by atoms with van der Waals surface area (Å²) in [5.41, 5.74) is 11.4. The predicted molar refractivity (Wildman–Crippen MR) is 83.5 cm³/mol. The summed E-state index contributed by atoms with van der Waals surface area (Å²) in [5, 5.41) is 3.73. The number of Topliss-reactive ketones (excluding diaryl/α,β-unsaturated/α-hetero) is 1. The minimum atomic E-state index is -0.628. The first-order chi connectivity index (χ1) is 9.08. The number of carbonyl (C=O) groups excluding carboxylic acids is 2. The molecular formula is C13H22N4O2S. The number of carbonyl (C=O) groups is 2. The Kier molecular flexibility index (Phi) is 4.77. The Bertz CT molecular complexity index is 535. The minimum Gasteiger partial charge on any atom is -0.397 e. The SMILES string of the molecule is CC(=O)c1sc(NCC(C)(C)N(C)C)c(C(N)=O)c1N. The molecule has 0 fully saturated rings. The van der Waals surface area contributed by atoms with Crippen LogP contribution < -0.4 is 16.8 Å². The van der Waals surface area contributed by atoms with E-state index in [1.54, 1.807) is 0 Å². The lowest BCUT2D eigenvalue weighted by Gasteiger charge is -2.32. The van der Waals surface area contributed by atoms with Gasteiger partial charge in [0.25, 0.3) is 5.91 Å². The van der Waals surface area contributed by atoms with E-state index in [-0.39, 0.29) is 22.6 Å². The number of amides is 1. The van der Waals surface area contributed by atoms with Crippen LogP contribution in [0.5, 0.6) is 0 Å². The fourth-order valence-electron chi connectivity index (χ4n) is 1.53. The number of rotatable bonds is 6. The summed E-state index contributed by atoms with van der Waals surface area (Å²) in [6.45, 7) is 6.14. The number of ketones is 1. The first kappa shape index (κ1) is 16.5. The van der Waals surface area contributed by atoms with Crippen LogP contribution in [0.4, 0.5) is 10.7 Å². The Labute approximate surface area is 123 Å². The van der Waals surface area contributed by atoms with E-state index in [1.807, 2.05) is 14.1 Å². The van der Waals surface area contributed by atoms with Crippen molar-refractivity contribution >= 4 is 33.7 Å². The molecular weight excluding hydrogens is 276 g/mol. The van der Waals surface area contributed by atoms with Crippen molar-refractivity contribution in [3.8, 4) is 0 Å². The lowest BCUT2D eigenvalue weighted by atomic mass is 10.0. The summed E-state index contributed by atoms with van der Waals surface area (Å²) < 4.78 is 0. The second-order valence-electron chi connectivity index (χ2n) is 5.53. The maximum absolute atomic E-state index is 11.5. The standard InChI is InChI=1S/C13H22N4O2S/c1-7(18)10-9(14)8(11(15)19)12(20-10)16-6-13(2,3)17(4)5/h16H,6,14H2,1-5H3,(H2,15,19). The number of primary amides is 1. The summed E-state index contributed by atoms with van der Waals surface area (Å²) in [4.78, 5) is 25.5. The zero-order valence-corrected chi connectivity index (χ0v) is 13.4. The maximum Gasteiger partial charge on any atom is 0.253 e. The number of nitrogens with two attached hydrogens (primary N) is 2. The molecule has 7 heteroatoms. The van der Waals surface area contributed by atoms with Crippen molar-refractivity contribution in [2.24, 2.45) is 5.73 Å².